The van der Waals surface area contributed by atoms with Crippen molar-refractivity contribution in [1.82, 2.24) is 5.32 Å². The molecule has 0 aliphatic rings. The van der Waals surface area contributed by atoms with Crippen molar-refractivity contribution in [2.75, 3.05) is 20.8 Å². The molecule has 1 atom stereocenters. The van der Waals surface area contributed by atoms with Crippen LogP contribution in [0.3, 0.4) is 0 Å². The first-order chi connectivity index (χ1) is 13.0. The van der Waals surface area contributed by atoms with Crippen molar-refractivity contribution in [3.63, 3.8) is 0 Å². The third kappa shape index (κ3) is 6.18. The monoisotopic (exact) mass is 369 g/mol. The minimum Gasteiger partial charge on any atom is -0.497 e. The Morgan fingerprint density at radius 3 is 2.48 bits per heavy atom. The Kier molecular flexibility index (Phi) is 7.43. The maximum Gasteiger partial charge on any atom is 0.331 e. The van der Waals surface area contributed by atoms with Crippen LogP contribution in [0.5, 0.6) is 11.5 Å². The molecule has 1 amide bonds. The van der Waals surface area contributed by atoms with Crippen LogP contribution in [-0.4, -0.2) is 32.7 Å². The Balaban J connectivity index is 1.87. The SMILES string of the molecule is COc1ccc(OC)c(/C=C/C(=O)OCC(=O)N[C@H](C)c2ccccc2)c1. The van der Waals surface area contributed by atoms with E-state index in [1.807, 2.05) is 37.3 Å². The number of esters is 1. The highest BCUT2D eigenvalue weighted by Crippen LogP contribution is 2.25. The second kappa shape index (κ2) is 10.0. The molecule has 0 spiro atoms. The lowest BCUT2D eigenvalue weighted by Gasteiger charge is -2.14. The van der Waals surface area contributed by atoms with Gasteiger partial charge in [0.2, 0.25) is 0 Å². The van der Waals surface area contributed by atoms with E-state index in [-0.39, 0.29) is 18.6 Å². The average molecular weight is 369 g/mol. The highest BCUT2D eigenvalue weighted by Gasteiger charge is 2.11. The van der Waals surface area contributed by atoms with Crippen LogP contribution in [0.25, 0.3) is 6.08 Å². The van der Waals surface area contributed by atoms with Crippen molar-refractivity contribution < 1.29 is 23.8 Å². The van der Waals surface area contributed by atoms with Gasteiger partial charge in [0.15, 0.2) is 6.61 Å². The molecule has 0 heterocycles. The summed E-state index contributed by atoms with van der Waals surface area (Å²) in [6.07, 6.45) is 2.79. The second-order valence-corrected chi connectivity index (χ2v) is 5.75. The van der Waals surface area contributed by atoms with Gasteiger partial charge in [0, 0.05) is 11.6 Å². The van der Waals surface area contributed by atoms with Crippen molar-refractivity contribution in [3.05, 3.63) is 65.7 Å². The number of rotatable bonds is 8. The molecule has 6 heteroatoms. The molecule has 0 unspecified atom stereocenters. The number of nitrogens with one attached hydrogen (secondary N) is 1. The van der Waals surface area contributed by atoms with Crippen LogP contribution in [0, 0.1) is 0 Å². The maximum atomic E-state index is 11.9. The van der Waals surface area contributed by atoms with Gasteiger partial charge in [-0.25, -0.2) is 4.79 Å². The van der Waals surface area contributed by atoms with E-state index in [1.165, 1.54) is 13.2 Å². The predicted molar refractivity (Wildman–Crippen MR) is 103 cm³/mol. The van der Waals surface area contributed by atoms with E-state index in [1.54, 1.807) is 31.4 Å². The third-order valence-electron chi connectivity index (χ3n) is 3.86. The maximum absolute atomic E-state index is 11.9. The molecule has 0 saturated heterocycles. The molecule has 2 aromatic carbocycles. The molecule has 2 rings (SSSR count). The van der Waals surface area contributed by atoms with Crippen LogP contribution in [0.1, 0.15) is 24.1 Å². The van der Waals surface area contributed by atoms with E-state index in [0.717, 1.165) is 5.56 Å². The van der Waals surface area contributed by atoms with Crippen molar-refractivity contribution in [3.8, 4) is 11.5 Å². The van der Waals surface area contributed by atoms with Gasteiger partial charge in [-0.15, -0.1) is 0 Å². The van der Waals surface area contributed by atoms with Crippen LogP contribution in [0.2, 0.25) is 0 Å². The van der Waals surface area contributed by atoms with E-state index < -0.39 is 5.97 Å². The molecule has 1 N–H and O–H groups in total. The molecule has 0 aromatic heterocycles. The first kappa shape index (κ1) is 20.0. The zero-order chi connectivity index (χ0) is 19.6. The van der Waals surface area contributed by atoms with Gasteiger partial charge >= 0.3 is 5.97 Å². The number of ether oxygens (including phenoxy) is 3. The van der Waals surface area contributed by atoms with Gasteiger partial charge in [-0.2, -0.15) is 0 Å². The first-order valence-electron chi connectivity index (χ1n) is 8.44. The Labute approximate surface area is 158 Å². The van der Waals surface area contributed by atoms with E-state index in [2.05, 4.69) is 5.32 Å². The van der Waals surface area contributed by atoms with Crippen molar-refractivity contribution in [2.45, 2.75) is 13.0 Å². The van der Waals surface area contributed by atoms with Gasteiger partial charge < -0.3 is 19.5 Å². The topological polar surface area (TPSA) is 73.9 Å². The molecule has 0 saturated carbocycles. The molecular weight excluding hydrogens is 346 g/mol. The summed E-state index contributed by atoms with van der Waals surface area (Å²) in [5.41, 5.74) is 1.64. The van der Waals surface area contributed by atoms with Crippen molar-refractivity contribution in [1.29, 1.82) is 0 Å². The average Bonchev–Trinajstić information content (AvgIpc) is 2.71. The highest BCUT2D eigenvalue weighted by molar-refractivity contribution is 5.89. The first-order valence-corrected chi connectivity index (χ1v) is 8.44. The summed E-state index contributed by atoms with van der Waals surface area (Å²) in [7, 11) is 3.09. The molecule has 0 aliphatic carbocycles. The Hall–Kier alpha value is -3.28. The van der Waals surface area contributed by atoms with Crippen LogP contribution in [0.4, 0.5) is 0 Å². The minimum absolute atomic E-state index is 0.172. The van der Waals surface area contributed by atoms with E-state index >= 15 is 0 Å². The van der Waals surface area contributed by atoms with Crippen molar-refractivity contribution in [2.24, 2.45) is 0 Å². The number of benzene rings is 2. The standard InChI is InChI=1S/C21H23NO5/c1-15(16-7-5-4-6-8-16)22-20(23)14-27-21(24)12-9-17-13-18(25-2)10-11-19(17)26-3/h4-13,15H,14H2,1-3H3,(H,22,23)/b12-9+/t15-/m1/s1. The summed E-state index contributed by atoms with van der Waals surface area (Å²) in [6.45, 7) is 1.51. The Bertz CT molecular complexity index is 801. The number of hydrogen-bond donors (Lipinski definition) is 1. The van der Waals surface area contributed by atoms with Gasteiger partial charge in [0.1, 0.15) is 11.5 Å². The largest absolute Gasteiger partial charge is 0.497 e. The quantitative estimate of drug-likeness (QED) is 0.572. The highest BCUT2D eigenvalue weighted by atomic mass is 16.5. The summed E-state index contributed by atoms with van der Waals surface area (Å²) in [4.78, 5) is 23.8. The zero-order valence-corrected chi connectivity index (χ0v) is 15.6. The molecule has 0 aliphatic heterocycles. The minimum atomic E-state index is -0.623. The molecule has 0 fully saturated rings. The molecule has 0 radical (unpaired) electrons. The van der Waals surface area contributed by atoms with E-state index in [9.17, 15) is 9.59 Å². The fourth-order valence-electron chi connectivity index (χ4n) is 2.42. The molecule has 27 heavy (non-hydrogen) atoms. The van der Waals surface area contributed by atoms with Crippen LogP contribution < -0.4 is 14.8 Å². The van der Waals surface area contributed by atoms with Gasteiger partial charge in [-0.1, -0.05) is 30.3 Å². The summed E-state index contributed by atoms with van der Waals surface area (Å²) in [5.74, 6) is 0.238. The smallest absolute Gasteiger partial charge is 0.331 e. The fraction of sp³-hybridized carbons (Fsp3) is 0.238. The van der Waals surface area contributed by atoms with Crippen molar-refractivity contribution >= 4 is 18.0 Å². The Morgan fingerprint density at radius 2 is 1.81 bits per heavy atom. The molecule has 6 nitrogen and oxygen atoms in total. The number of methoxy groups -OCH3 is 2. The number of carbonyl (C=O) groups is 2. The summed E-state index contributed by atoms with van der Waals surface area (Å²) < 4.78 is 15.4. The molecular formula is C21H23NO5. The van der Waals surface area contributed by atoms with E-state index in [0.29, 0.717) is 17.1 Å². The summed E-state index contributed by atoms with van der Waals surface area (Å²) in [5, 5.41) is 2.78. The second-order valence-electron chi connectivity index (χ2n) is 5.75. The lowest BCUT2D eigenvalue weighted by molar-refractivity contribution is -0.144. The number of carbonyl (C=O) groups excluding carboxylic acids is 2. The molecule has 2 aromatic rings. The van der Waals surface area contributed by atoms with Crippen LogP contribution in [-0.2, 0) is 14.3 Å². The number of amides is 1. The number of hydrogen-bond acceptors (Lipinski definition) is 5. The third-order valence-corrected chi connectivity index (χ3v) is 3.86. The predicted octanol–water partition coefficient (Wildman–Crippen LogP) is 3.14. The molecule has 142 valence electrons. The van der Waals surface area contributed by atoms with E-state index in [4.69, 9.17) is 14.2 Å². The fourth-order valence-corrected chi connectivity index (χ4v) is 2.42. The van der Waals surface area contributed by atoms with Crippen LogP contribution >= 0.6 is 0 Å². The molecule has 0 bridgehead atoms. The zero-order valence-electron chi connectivity index (χ0n) is 15.6. The summed E-state index contributed by atoms with van der Waals surface area (Å²) >= 11 is 0. The summed E-state index contributed by atoms with van der Waals surface area (Å²) in [6, 6.07) is 14.6. The lowest BCUT2D eigenvalue weighted by atomic mass is 10.1. The van der Waals surface area contributed by atoms with Crippen LogP contribution in [0.15, 0.2) is 54.6 Å². The lowest BCUT2D eigenvalue weighted by Crippen LogP contribution is -2.30. The normalized spacial score (nSPS) is 11.7. The van der Waals surface area contributed by atoms with Gasteiger partial charge in [0.25, 0.3) is 5.91 Å². The van der Waals surface area contributed by atoms with Gasteiger partial charge in [-0.05, 0) is 36.8 Å². The Morgan fingerprint density at radius 1 is 1.07 bits per heavy atom. The van der Waals surface area contributed by atoms with Gasteiger partial charge in [0.05, 0.1) is 20.3 Å². The van der Waals surface area contributed by atoms with Gasteiger partial charge in [-0.3, -0.25) is 4.79 Å².